The molecule has 23 heavy (non-hydrogen) atoms. The Labute approximate surface area is 138 Å². The van der Waals surface area contributed by atoms with Gasteiger partial charge in [0.05, 0.1) is 0 Å². The van der Waals surface area contributed by atoms with Gasteiger partial charge in [0, 0.05) is 20.3 Å². The van der Waals surface area contributed by atoms with Crippen LogP contribution >= 0.6 is 0 Å². The van der Waals surface area contributed by atoms with Crippen LogP contribution in [0.4, 0.5) is 0 Å². The quantitative estimate of drug-likeness (QED) is 0.224. The van der Waals surface area contributed by atoms with Gasteiger partial charge in [0.25, 0.3) is 0 Å². The van der Waals surface area contributed by atoms with Crippen LogP contribution < -0.4 is 0 Å². The first-order valence-electron chi connectivity index (χ1n) is 8.02. The SMILES string of the molecule is C=CCCCCCCCC(=O)OC(COC(C)=O)COC(C)=O. The second-order valence-corrected chi connectivity index (χ2v) is 5.31. The summed E-state index contributed by atoms with van der Waals surface area (Å²) in [6.07, 6.45) is 7.51. The Morgan fingerprint density at radius 1 is 0.913 bits per heavy atom. The van der Waals surface area contributed by atoms with E-state index < -0.39 is 18.0 Å². The highest BCUT2D eigenvalue weighted by molar-refractivity contribution is 5.70. The van der Waals surface area contributed by atoms with Crippen molar-refractivity contribution in [3.8, 4) is 0 Å². The van der Waals surface area contributed by atoms with Gasteiger partial charge in [0.15, 0.2) is 6.10 Å². The van der Waals surface area contributed by atoms with Gasteiger partial charge in [-0.05, 0) is 19.3 Å². The average molecular weight is 328 g/mol. The van der Waals surface area contributed by atoms with E-state index in [4.69, 9.17) is 14.2 Å². The number of rotatable bonds is 13. The summed E-state index contributed by atoms with van der Waals surface area (Å²) in [5.74, 6) is -1.33. The maximum Gasteiger partial charge on any atom is 0.306 e. The Morgan fingerprint density at radius 3 is 1.96 bits per heavy atom. The lowest BCUT2D eigenvalue weighted by Crippen LogP contribution is -2.30. The van der Waals surface area contributed by atoms with Crippen molar-refractivity contribution < 1.29 is 28.6 Å². The van der Waals surface area contributed by atoms with E-state index in [0.717, 1.165) is 38.5 Å². The van der Waals surface area contributed by atoms with Crippen molar-refractivity contribution in [2.75, 3.05) is 13.2 Å². The lowest BCUT2D eigenvalue weighted by atomic mass is 10.1. The molecule has 0 saturated carbocycles. The van der Waals surface area contributed by atoms with E-state index in [1.165, 1.54) is 13.8 Å². The summed E-state index contributed by atoms with van der Waals surface area (Å²) in [4.78, 5) is 33.4. The van der Waals surface area contributed by atoms with E-state index in [-0.39, 0.29) is 19.2 Å². The van der Waals surface area contributed by atoms with Gasteiger partial charge in [-0.3, -0.25) is 14.4 Å². The van der Waals surface area contributed by atoms with Crippen molar-refractivity contribution in [3.05, 3.63) is 12.7 Å². The van der Waals surface area contributed by atoms with Gasteiger partial charge in [0.1, 0.15) is 13.2 Å². The number of allylic oxidation sites excluding steroid dienone is 1. The molecule has 0 atom stereocenters. The lowest BCUT2D eigenvalue weighted by Gasteiger charge is -2.17. The van der Waals surface area contributed by atoms with Crippen molar-refractivity contribution in [3.63, 3.8) is 0 Å². The van der Waals surface area contributed by atoms with Crippen LogP contribution in [0.15, 0.2) is 12.7 Å². The molecule has 6 nitrogen and oxygen atoms in total. The van der Waals surface area contributed by atoms with Crippen molar-refractivity contribution in [1.82, 2.24) is 0 Å². The van der Waals surface area contributed by atoms with Gasteiger partial charge in [-0.25, -0.2) is 0 Å². The molecule has 0 radical (unpaired) electrons. The second kappa shape index (κ2) is 13.8. The Kier molecular flexibility index (Phi) is 12.7. The smallest absolute Gasteiger partial charge is 0.306 e. The molecule has 0 rings (SSSR count). The summed E-state index contributed by atoms with van der Waals surface area (Å²) in [5.41, 5.74) is 0. The van der Waals surface area contributed by atoms with Gasteiger partial charge in [-0.2, -0.15) is 0 Å². The number of ether oxygens (including phenoxy) is 3. The molecule has 0 fully saturated rings. The molecule has 0 amide bonds. The molecule has 0 bridgehead atoms. The standard InChI is InChI=1S/C17H28O6/c1-4-5-6-7-8-9-10-11-17(20)23-16(12-21-14(2)18)13-22-15(3)19/h4,16H,1,5-13H2,2-3H3. The van der Waals surface area contributed by atoms with Crippen molar-refractivity contribution in [2.45, 2.75) is 64.9 Å². The van der Waals surface area contributed by atoms with E-state index in [1.807, 2.05) is 6.08 Å². The Hall–Kier alpha value is -1.85. The van der Waals surface area contributed by atoms with Crippen LogP contribution in [0.25, 0.3) is 0 Å². The third kappa shape index (κ3) is 14.8. The summed E-state index contributed by atoms with van der Waals surface area (Å²) in [7, 11) is 0. The first-order valence-corrected chi connectivity index (χ1v) is 8.02. The molecular formula is C17H28O6. The zero-order chi connectivity index (χ0) is 17.5. The number of unbranched alkanes of at least 4 members (excludes halogenated alkanes) is 5. The predicted molar refractivity (Wildman–Crippen MR) is 85.7 cm³/mol. The first kappa shape index (κ1) is 21.1. The average Bonchev–Trinajstić information content (AvgIpc) is 2.48. The fourth-order valence-electron chi connectivity index (χ4n) is 1.87. The third-order valence-corrected chi connectivity index (χ3v) is 3.03. The van der Waals surface area contributed by atoms with Gasteiger partial charge >= 0.3 is 17.9 Å². The van der Waals surface area contributed by atoms with Crippen LogP contribution in [-0.2, 0) is 28.6 Å². The second-order valence-electron chi connectivity index (χ2n) is 5.31. The van der Waals surface area contributed by atoms with Crippen molar-refractivity contribution in [2.24, 2.45) is 0 Å². The predicted octanol–water partition coefficient (Wildman–Crippen LogP) is 2.94. The zero-order valence-electron chi connectivity index (χ0n) is 14.2. The van der Waals surface area contributed by atoms with Gasteiger partial charge in [0.2, 0.25) is 0 Å². The minimum Gasteiger partial charge on any atom is -0.462 e. The van der Waals surface area contributed by atoms with Crippen molar-refractivity contribution in [1.29, 1.82) is 0 Å². The molecule has 0 aromatic heterocycles. The molecule has 0 aromatic carbocycles. The fourth-order valence-corrected chi connectivity index (χ4v) is 1.87. The zero-order valence-corrected chi connectivity index (χ0v) is 14.2. The van der Waals surface area contributed by atoms with Crippen LogP contribution in [0, 0.1) is 0 Å². The number of carbonyl (C=O) groups is 3. The molecule has 0 aromatic rings. The number of hydrogen-bond donors (Lipinski definition) is 0. The molecular weight excluding hydrogens is 300 g/mol. The topological polar surface area (TPSA) is 78.9 Å². The summed E-state index contributed by atoms with van der Waals surface area (Å²) in [6.45, 7) is 5.97. The molecule has 0 aliphatic rings. The number of esters is 3. The summed E-state index contributed by atoms with van der Waals surface area (Å²) >= 11 is 0. The van der Waals surface area contributed by atoms with Gasteiger partial charge in [-0.15, -0.1) is 6.58 Å². The highest BCUT2D eigenvalue weighted by Crippen LogP contribution is 2.09. The Balaban J connectivity index is 3.93. The maximum absolute atomic E-state index is 11.8. The number of hydrogen-bond acceptors (Lipinski definition) is 6. The van der Waals surface area contributed by atoms with Crippen LogP contribution in [-0.4, -0.2) is 37.2 Å². The maximum atomic E-state index is 11.8. The molecule has 0 N–H and O–H groups in total. The highest BCUT2D eigenvalue weighted by Gasteiger charge is 2.17. The van der Waals surface area contributed by atoms with Gasteiger partial charge < -0.3 is 14.2 Å². The summed E-state index contributed by atoms with van der Waals surface area (Å²) in [6, 6.07) is 0. The Morgan fingerprint density at radius 2 is 1.43 bits per heavy atom. The summed E-state index contributed by atoms with van der Waals surface area (Å²) < 4.78 is 14.8. The van der Waals surface area contributed by atoms with E-state index in [2.05, 4.69) is 6.58 Å². The molecule has 0 spiro atoms. The molecule has 0 aliphatic carbocycles. The minimum absolute atomic E-state index is 0.115. The molecule has 0 unspecified atom stereocenters. The third-order valence-electron chi connectivity index (χ3n) is 3.03. The largest absolute Gasteiger partial charge is 0.462 e. The van der Waals surface area contributed by atoms with Crippen LogP contribution in [0.1, 0.15) is 58.8 Å². The Bertz CT molecular complexity index is 359. The van der Waals surface area contributed by atoms with Crippen LogP contribution in [0.3, 0.4) is 0 Å². The number of carbonyl (C=O) groups excluding carboxylic acids is 3. The van der Waals surface area contributed by atoms with Crippen molar-refractivity contribution >= 4 is 17.9 Å². The molecule has 0 aliphatic heterocycles. The highest BCUT2D eigenvalue weighted by atomic mass is 16.6. The van der Waals surface area contributed by atoms with E-state index in [0.29, 0.717) is 6.42 Å². The fraction of sp³-hybridized carbons (Fsp3) is 0.706. The van der Waals surface area contributed by atoms with Crippen LogP contribution in [0.5, 0.6) is 0 Å². The van der Waals surface area contributed by atoms with Crippen LogP contribution in [0.2, 0.25) is 0 Å². The molecule has 0 heterocycles. The summed E-state index contributed by atoms with van der Waals surface area (Å²) in [5, 5.41) is 0. The lowest BCUT2D eigenvalue weighted by molar-refractivity contribution is -0.165. The van der Waals surface area contributed by atoms with E-state index >= 15 is 0 Å². The van der Waals surface area contributed by atoms with E-state index in [1.54, 1.807) is 0 Å². The molecule has 0 saturated heterocycles. The minimum atomic E-state index is -0.761. The monoisotopic (exact) mass is 328 g/mol. The first-order chi connectivity index (χ1) is 11.0. The molecule has 6 heteroatoms. The normalized spacial score (nSPS) is 10.2. The van der Waals surface area contributed by atoms with E-state index in [9.17, 15) is 14.4 Å². The van der Waals surface area contributed by atoms with Gasteiger partial charge in [-0.1, -0.05) is 25.3 Å². The molecule has 132 valence electrons.